The summed E-state index contributed by atoms with van der Waals surface area (Å²) in [5, 5.41) is 19.5. The second-order valence-corrected chi connectivity index (χ2v) is 3.29. The van der Waals surface area contributed by atoms with Gasteiger partial charge in [-0.1, -0.05) is 6.92 Å². The Hall–Kier alpha value is -1.76. The first kappa shape index (κ1) is 13.3. The lowest BCUT2D eigenvalue weighted by Crippen LogP contribution is -2.05. The molecule has 93 valence electrons. The van der Waals surface area contributed by atoms with E-state index in [9.17, 15) is 18.9 Å². The molecule has 7 heteroatoms. The monoisotopic (exact) mass is 246 g/mol. The lowest BCUT2D eigenvalue weighted by Gasteiger charge is -2.10. The molecule has 1 radical (unpaired) electrons. The van der Waals surface area contributed by atoms with Crippen LogP contribution >= 0.6 is 0 Å². The standard InChI is InChI=1S/C10H10F2NO4/c1-6(5-14)7-2-8(13(15)16)4-9(3-7)17-10(11)12/h2-4,10,14H,5H2,1H3. The maximum absolute atomic E-state index is 12.0. The van der Waals surface area contributed by atoms with Gasteiger partial charge >= 0.3 is 6.61 Å². The molecule has 0 aliphatic rings. The molecule has 0 unspecified atom stereocenters. The molecule has 1 aromatic rings. The predicted octanol–water partition coefficient (Wildman–Crippen LogP) is 2.13. The van der Waals surface area contributed by atoms with Crippen LogP contribution in [0.5, 0.6) is 5.75 Å². The van der Waals surface area contributed by atoms with Gasteiger partial charge in [-0.3, -0.25) is 10.1 Å². The summed E-state index contributed by atoms with van der Waals surface area (Å²) in [5.74, 6) is 0.116. The van der Waals surface area contributed by atoms with Crippen molar-refractivity contribution in [1.29, 1.82) is 0 Å². The largest absolute Gasteiger partial charge is 0.435 e. The zero-order valence-corrected chi connectivity index (χ0v) is 8.89. The van der Waals surface area contributed by atoms with Crippen LogP contribution in [0.25, 0.3) is 0 Å². The van der Waals surface area contributed by atoms with Crippen molar-refractivity contribution in [2.75, 3.05) is 6.61 Å². The third kappa shape index (κ3) is 3.63. The van der Waals surface area contributed by atoms with Gasteiger partial charge in [-0.25, -0.2) is 0 Å². The van der Waals surface area contributed by atoms with Crippen molar-refractivity contribution in [2.45, 2.75) is 13.5 Å². The van der Waals surface area contributed by atoms with Crippen molar-refractivity contribution in [3.8, 4) is 5.75 Å². The van der Waals surface area contributed by atoms with Crippen molar-refractivity contribution in [3.63, 3.8) is 0 Å². The summed E-state index contributed by atoms with van der Waals surface area (Å²) in [6.07, 6.45) is 0. The molecule has 1 rings (SSSR count). The molecule has 0 heterocycles. The summed E-state index contributed by atoms with van der Waals surface area (Å²) in [6, 6.07) is 3.30. The topological polar surface area (TPSA) is 72.6 Å². The van der Waals surface area contributed by atoms with E-state index in [2.05, 4.69) is 4.74 Å². The van der Waals surface area contributed by atoms with Gasteiger partial charge < -0.3 is 9.84 Å². The maximum atomic E-state index is 12.0. The summed E-state index contributed by atoms with van der Waals surface area (Å²) in [5.41, 5.74) is -0.0803. The SMILES string of the molecule is C[C](CO)c1cc(OC(F)F)cc([N+](=O)[O-])c1. The van der Waals surface area contributed by atoms with Gasteiger partial charge in [-0.2, -0.15) is 8.78 Å². The van der Waals surface area contributed by atoms with Crippen molar-refractivity contribution in [2.24, 2.45) is 0 Å². The van der Waals surface area contributed by atoms with Gasteiger partial charge in [0.15, 0.2) is 0 Å². The highest BCUT2D eigenvalue weighted by atomic mass is 19.3. The molecule has 0 aliphatic carbocycles. The zero-order chi connectivity index (χ0) is 13.0. The summed E-state index contributed by atoms with van der Waals surface area (Å²) in [7, 11) is 0. The number of aliphatic hydroxyl groups is 1. The van der Waals surface area contributed by atoms with Crippen LogP contribution in [0.15, 0.2) is 18.2 Å². The van der Waals surface area contributed by atoms with Gasteiger partial charge in [0.25, 0.3) is 5.69 Å². The number of non-ortho nitro benzene ring substituents is 1. The van der Waals surface area contributed by atoms with E-state index in [1.54, 1.807) is 0 Å². The summed E-state index contributed by atoms with van der Waals surface area (Å²) in [4.78, 5) is 9.88. The molecule has 0 fully saturated rings. The Bertz CT molecular complexity index is 411. The summed E-state index contributed by atoms with van der Waals surface area (Å²) in [6.45, 7) is -1.85. The molecule has 0 amide bonds. The number of rotatable bonds is 5. The fourth-order valence-corrected chi connectivity index (χ4v) is 1.20. The first-order chi connectivity index (χ1) is 7.93. The number of nitro benzene ring substituents is 1. The highest BCUT2D eigenvalue weighted by molar-refractivity contribution is 5.47. The Morgan fingerprint density at radius 3 is 2.65 bits per heavy atom. The van der Waals surface area contributed by atoms with Gasteiger partial charge in [0, 0.05) is 12.0 Å². The van der Waals surface area contributed by atoms with Crippen LogP contribution in [-0.2, 0) is 0 Å². The molecule has 1 N–H and O–H groups in total. The molecule has 0 atom stereocenters. The number of nitrogens with zero attached hydrogens (tertiary/aromatic N) is 1. The minimum Gasteiger partial charge on any atom is -0.435 e. The van der Waals surface area contributed by atoms with Gasteiger partial charge in [0.1, 0.15) is 5.75 Å². The Labute approximate surface area is 95.8 Å². The highest BCUT2D eigenvalue weighted by Crippen LogP contribution is 2.27. The summed E-state index contributed by atoms with van der Waals surface area (Å²) >= 11 is 0. The van der Waals surface area contributed by atoms with E-state index >= 15 is 0 Å². The second kappa shape index (κ2) is 5.53. The van der Waals surface area contributed by atoms with Gasteiger partial charge in [0.2, 0.25) is 0 Å². The molecule has 0 aromatic heterocycles. The number of halogens is 2. The minimum atomic E-state index is -3.06. The smallest absolute Gasteiger partial charge is 0.387 e. The number of nitro groups is 1. The molecular weight excluding hydrogens is 236 g/mol. The predicted molar refractivity (Wildman–Crippen MR) is 54.8 cm³/mol. The van der Waals surface area contributed by atoms with Gasteiger partial charge in [-0.15, -0.1) is 0 Å². The van der Waals surface area contributed by atoms with Crippen molar-refractivity contribution < 1.29 is 23.5 Å². The molecule has 0 saturated carbocycles. The number of alkyl halides is 2. The van der Waals surface area contributed by atoms with Crippen molar-refractivity contribution >= 4 is 5.69 Å². The van der Waals surface area contributed by atoms with Gasteiger partial charge in [-0.05, 0) is 11.6 Å². The number of hydrogen-bond acceptors (Lipinski definition) is 4. The highest BCUT2D eigenvalue weighted by Gasteiger charge is 2.16. The van der Waals surface area contributed by atoms with Crippen LogP contribution < -0.4 is 4.74 Å². The van der Waals surface area contributed by atoms with E-state index in [-0.39, 0.29) is 23.6 Å². The van der Waals surface area contributed by atoms with Crippen molar-refractivity contribution in [1.82, 2.24) is 0 Å². The van der Waals surface area contributed by atoms with E-state index in [0.717, 1.165) is 6.07 Å². The minimum absolute atomic E-state index is 0.289. The van der Waals surface area contributed by atoms with Crippen LogP contribution in [0.2, 0.25) is 0 Å². The van der Waals surface area contributed by atoms with E-state index < -0.39 is 11.5 Å². The Morgan fingerprint density at radius 1 is 1.53 bits per heavy atom. The zero-order valence-electron chi connectivity index (χ0n) is 8.89. The number of aliphatic hydroxyl groups excluding tert-OH is 1. The quantitative estimate of drug-likeness (QED) is 0.638. The number of hydrogen-bond donors (Lipinski definition) is 1. The second-order valence-electron chi connectivity index (χ2n) is 3.29. The van der Waals surface area contributed by atoms with E-state index in [0.29, 0.717) is 5.92 Å². The van der Waals surface area contributed by atoms with Crippen LogP contribution in [0.4, 0.5) is 14.5 Å². The maximum Gasteiger partial charge on any atom is 0.387 e. The van der Waals surface area contributed by atoms with Crippen LogP contribution in [0.3, 0.4) is 0 Å². The number of ether oxygens (including phenoxy) is 1. The van der Waals surface area contributed by atoms with Crippen LogP contribution in [-0.4, -0.2) is 23.2 Å². The summed E-state index contributed by atoms with van der Waals surface area (Å²) < 4.78 is 28.1. The average molecular weight is 246 g/mol. The third-order valence-corrected chi connectivity index (χ3v) is 2.06. The molecule has 0 bridgehead atoms. The number of benzene rings is 1. The lowest BCUT2D eigenvalue weighted by atomic mass is 10.0. The normalized spacial score (nSPS) is 10.9. The fourth-order valence-electron chi connectivity index (χ4n) is 1.20. The first-order valence-corrected chi connectivity index (χ1v) is 4.62. The Kier molecular flexibility index (Phi) is 4.33. The average Bonchev–Trinajstić information content (AvgIpc) is 2.26. The molecule has 17 heavy (non-hydrogen) atoms. The Morgan fingerprint density at radius 2 is 2.18 bits per heavy atom. The van der Waals surface area contributed by atoms with E-state index in [1.807, 2.05) is 0 Å². The molecule has 5 nitrogen and oxygen atoms in total. The van der Waals surface area contributed by atoms with Crippen LogP contribution in [0.1, 0.15) is 12.5 Å². The molecule has 1 aromatic carbocycles. The fraction of sp³-hybridized carbons (Fsp3) is 0.300. The molecule has 0 saturated heterocycles. The van der Waals surface area contributed by atoms with Crippen LogP contribution in [0, 0.1) is 16.0 Å². The van der Waals surface area contributed by atoms with Gasteiger partial charge in [0.05, 0.1) is 17.6 Å². The molecule has 0 aliphatic heterocycles. The van der Waals surface area contributed by atoms with E-state index in [1.165, 1.54) is 19.1 Å². The van der Waals surface area contributed by atoms with E-state index in [4.69, 9.17) is 5.11 Å². The molecule has 0 spiro atoms. The Balaban J connectivity index is 3.13. The third-order valence-electron chi connectivity index (χ3n) is 2.06. The first-order valence-electron chi connectivity index (χ1n) is 4.62. The van der Waals surface area contributed by atoms with Crippen molar-refractivity contribution in [3.05, 3.63) is 39.8 Å². The lowest BCUT2D eigenvalue weighted by molar-refractivity contribution is -0.385. The molecular formula is C10H10F2NO4.